The van der Waals surface area contributed by atoms with E-state index in [1.54, 1.807) is 12.1 Å². The first-order chi connectivity index (χ1) is 13.1. The van der Waals surface area contributed by atoms with Gasteiger partial charge >= 0.3 is 0 Å². The number of nitrogens with zero attached hydrogens (tertiary/aromatic N) is 1. The highest BCUT2D eigenvalue weighted by Crippen LogP contribution is 2.39. The minimum absolute atomic E-state index is 0.352. The first-order valence-corrected chi connectivity index (χ1v) is 9.07. The van der Waals surface area contributed by atoms with E-state index in [4.69, 9.17) is 14.2 Å². The Balaban J connectivity index is 2.29. The maximum Gasteiger partial charge on any atom is 0.271 e. The summed E-state index contributed by atoms with van der Waals surface area (Å²) in [4.78, 5) is 12.6. The summed E-state index contributed by atoms with van der Waals surface area (Å²) in [7, 11) is 0. The molecule has 27 heavy (non-hydrogen) atoms. The molecular weight excluding hydrogens is 344 g/mol. The molecule has 0 saturated heterocycles. The molecule has 0 aliphatic carbocycles. The lowest BCUT2D eigenvalue weighted by atomic mass is 10.1. The van der Waals surface area contributed by atoms with Crippen LogP contribution in [-0.2, 0) is 0 Å². The number of rotatable bonds is 9. The van der Waals surface area contributed by atoms with Gasteiger partial charge in [0.15, 0.2) is 11.5 Å². The summed E-state index contributed by atoms with van der Waals surface area (Å²) < 4.78 is 16.9. The van der Waals surface area contributed by atoms with Crippen LogP contribution in [0.5, 0.6) is 17.2 Å². The van der Waals surface area contributed by atoms with Crippen molar-refractivity contribution in [3.8, 4) is 17.2 Å². The molecule has 2 aromatic rings. The molecule has 0 atom stereocenters. The van der Waals surface area contributed by atoms with E-state index < -0.39 is 0 Å². The number of hydrogen-bond donors (Lipinski definition) is 1. The Morgan fingerprint density at radius 3 is 1.96 bits per heavy atom. The van der Waals surface area contributed by atoms with E-state index in [0.717, 1.165) is 5.56 Å². The molecule has 0 aliphatic heterocycles. The van der Waals surface area contributed by atoms with Crippen LogP contribution in [0.15, 0.2) is 47.6 Å². The van der Waals surface area contributed by atoms with Crippen molar-refractivity contribution in [3.63, 3.8) is 0 Å². The third-order valence-electron chi connectivity index (χ3n) is 3.69. The molecule has 2 aromatic carbocycles. The zero-order valence-electron chi connectivity index (χ0n) is 16.2. The molecule has 0 unspecified atom stereocenters. The Kier molecular flexibility index (Phi) is 7.67. The Morgan fingerprint density at radius 2 is 1.44 bits per heavy atom. The maximum atomic E-state index is 12.6. The predicted molar refractivity (Wildman–Crippen MR) is 106 cm³/mol. The summed E-state index contributed by atoms with van der Waals surface area (Å²) in [5.74, 6) is 1.09. The highest BCUT2D eigenvalue weighted by atomic mass is 16.5. The highest BCUT2D eigenvalue weighted by Gasteiger charge is 2.18. The van der Waals surface area contributed by atoms with Crippen molar-refractivity contribution in [1.29, 1.82) is 0 Å². The van der Waals surface area contributed by atoms with Crippen LogP contribution in [0.4, 0.5) is 0 Å². The minimum atomic E-state index is -0.352. The van der Waals surface area contributed by atoms with Gasteiger partial charge in [-0.25, -0.2) is 5.43 Å². The first-order valence-electron chi connectivity index (χ1n) is 9.07. The SMILES string of the molecule is CCOc1cc(C(=O)NN=C(C)c2ccccc2)cc(OCC)c1OCC. The summed E-state index contributed by atoms with van der Waals surface area (Å²) in [6.07, 6.45) is 0. The van der Waals surface area contributed by atoms with Crippen LogP contribution in [0.3, 0.4) is 0 Å². The number of amides is 1. The number of hydrogen-bond acceptors (Lipinski definition) is 5. The van der Waals surface area contributed by atoms with Gasteiger partial charge in [0.05, 0.1) is 25.5 Å². The number of benzene rings is 2. The highest BCUT2D eigenvalue weighted by molar-refractivity contribution is 6.01. The summed E-state index contributed by atoms with van der Waals surface area (Å²) in [6, 6.07) is 12.9. The van der Waals surface area contributed by atoms with Crippen molar-refractivity contribution >= 4 is 11.6 Å². The number of carbonyl (C=O) groups excluding carboxylic acids is 1. The van der Waals surface area contributed by atoms with E-state index in [9.17, 15) is 4.79 Å². The molecule has 0 aliphatic rings. The number of ether oxygens (including phenoxy) is 3. The van der Waals surface area contributed by atoms with E-state index in [0.29, 0.717) is 48.3 Å². The second-order valence-electron chi connectivity index (χ2n) is 5.60. The standard InChI is InChI=1S/C21H26N2O4/c1-5-25-18-13-17(14-19(26-6-2)20(18)27-7-3)21(24)23-22-15(4)16-11-9-8-10-12-16/h8-14H,5-7H2,1-4H3,(H,23,24). The minimum Gasteiger partial charge on any atom is -0.490 e. The molecule has 2 rings (SSSR count). The molecule has 0 spiro atoms. The van der Waals surface area contributed by atoms with Crippen LogP contribution in [0.25, 0.3) is 0 Å². The third kappa shape index (κ3) is 5.48. The van der Waals surface area contributed by atoms with E-state index in [2.05, 4.69) is 10.5 Å². The monoisotopic (exact) mass is 370 g/mol. The van der Waals surface area contributed by atoms with Gasteiger partial charge in [0.2, 0.25) is 5.75 Å². The molecule has 0 aromatic heterocycles. The fraction of sp³-hybridized carbons (Fsp3) is 0.333. The number of hydrazone groups is 1. The van der Waals surface area contributed by atoms with Gasteiger partial charge in [0.1, 0.15) is 0 Å². The van der Waals surface area contributed by atoms with Crippen molar-refractivity contribution in [2.45, 2.75) is 27.7 Å². The molecule has 0 bridgehead atoms. The zero-order valence-corrected chi connectivity index (χ0v) is 16.2. The van der Waals surface area contributed by atoms with Crippen molar-refractivity contribution in [2.24, 2.45) is 5.10 Å². The molecule has 0 heterocycles. The molecule has 1 amide bonds. The zero-order chi connectivity index (χ0) is 19.6. The van der Waals surface area contributed by atoms with Crippen LogP contribution in [-0.4, -0.2) is 31.4 Å². The number of nitrogens with one attached hydrogen (secondary N) is 1. The lowest BCUT2D eigenvalue weighted by Crippen LogP contribution is -2.20. The van der Waals surface area contributed by atoms with Crippen LogP contribution >= 0.6 is 0 Å². The molecule has 0 saturated carbocycles. The normalized spacial score (nSPS) is 11.0. The van der Waals surface area contributed by atoms with E-state index in [1.165, 1.54) is 0 Å². The molecule has 6 heteroatoms. The third-order valence-corrected chi connectivity index (χ3v) is 3.69. The smallest absolute Gasteiger partial charge is 0.271 e. The summed E-state index contributed by atoms with van der Waals surface area (Å²) >= 11 is 0. The van der Waals surface area contributed by atoms with Gasteiger partial charge in [-0.05, 0) is 45.4 Å². The summed E-state index contributed by atoms with van der Waals surface area (Å²) in [5.41, 5.74) is 4.62. The average Bonchev–Trinajstić information content (AvgIpc) is 2.69. The van der Waals surface area contributed by atoms with Gasteiger partial charge in [-0.15, -0.1) is 0 Å². The van der Waals surface area contributed by atoms with E-state index in [1.807, 2.05) is 58.0 Å². The number of carbonyl (C=O) groups is 1. The largest absolute Gasteiger partial charge is 0.490 e. The van der Waals surface area contributed by atoms with Gasteiger partial charge < -0.3 is 14.2 Å². The Hall–Kier alpha value is -3.02. The second kappa shape index (κ2) is 10.2. The molecular formula is C21H26N2O4. The van der Waals surface area contributed by atoms with Crippen molar-refractivity contribution in [3.05, 3.63) is 53.6 Å². The van der Waals surface area contributed by atoms with Crippen LogP contribution in [0.1, 0.15) is 43.6 Å². The van der Waals surface area contributed by atoms with E-state index in [-0.39, 0.29) is 5.91 Å². The molecule has 0 fully saturated rings. The molecule has 0 radical (unpaired) electrons. The fourth-order valence-electron chi connectivity index (χ4n) is 2.46. The maximum absolute atomic E-state index is 12.6. The van der Waals surface area contributed by atoms with Crippen molar-refractivity contribution in [1.82, 2.24) is 5.43 Å². The Bertz CT molecular complexity index is 761. The van der Waals surface area contributed by atoms with E-state index >= 15 is 0 Å². The lowest BCUT2D eigenvalue weighted by molar-refractivity contribution is 0.0953. The Labute approximate surface area is 160 Å². The van der Waals surface area contributed by atoms with Crippen molar-refractivity contribution < 1.29 is 19.0 Å². The van der Waals surface area contributed by atoms with Gasteiger partial charge in [-0.1, -0.05) is 30.3 Å². The van der Waals surface area contributed by atoms with Gasteiger partial charge in [-0.2, -0.15) is 5.10 Å². The molecule has 1 N–H and O–H groups in total. The van der Waals surface area contributed by atoms with Gasteiger partial charge in [-0.3, -0.25) is 4.79 Å². The van der Waals surface area contributed by atoms with Crippen LogP contribution < -0.4 is 19.6 Å². The van der Waals surface area contributed by atoms with Gasteiger partial charge in [0, 0.05) is 5.56 Å². The first kappa shape index (κ1) is 20.3. The van der Waals surface area contributed by atoms with Gasteiger partial charge in [0.25, 0.3) is 5.91 Å². The lowest BCUT2D eigenvalue weighted by Gasteiger charge is -2.16. The molecule has 6 nitrogen and oxygen atoms in total. The average molecular weight is 370 g/mol. The van der Waals surface area contributed by atoms with Crippen molar-refractivity contribution in [2.75, 3.05) is 19.8 Å². The predicted octanol–water partition coefficient (Wildman–Crippen LogP) is 4.04. The summed E-state index contributed by atoms with van der Waals surface area (Å²) in [5, 5.41) is 4.19. The fourth-order valence-corrected chi connectivity index (χ4v) is 2.46. The molecule has 144 valence electrons. The summed E-state index contributed by atoms with van der Waals surface area (Å²) in [6.45, 7) is 8.82. The quantitative estimate of drug-likeness (QED) is 0.534. The van der Waals surface area contributed by atoms with Crippen LogP contribution in [0.2, 0.25) is 0 Å². The second-order valence-corrected chi connectivity index (χ2v) is 5.60. The van der Waals surface area contributed by atoms with Crippen LogP contribution in [0, 0.1) is 0 Å². The Morgan fingerprint density at radius 1 is 0.889 bits per heavy atom. The topological polar surface area (TPSA) is 69.2 Å².